The molecule has 1 fully saturated rings. The quantitative estimate of drug-likeness (QED) is 0.693. The average molecular weight is 387 g/mol. The fourth-order valence-electron chi connectivity index (χ4n) is 3.44. The molecule has 0 aliphatic carbocycles. The number of anilines is 1. The van der Waals surface area contributed by atoms with E-state index in [2.05, 4.69) is 23.3 Å². The fourth-order valence-corrected chi connectivity index (χ4v) is 4.52. The zero-order valence-corrected chi connectivity index (χ0v) is 16.0. The Morgan fingerprint density at radius 1 is 1.19 bits per heavy atom. The molecule has 1 N–H and O–H groups in total. The first-order chi connectivity index (χ1) is 12.6. The number of hydrogen-bond acceptors (Lipinski definition) is 4. The van der Waals surface area contributed by atoms with Gasteiger partial charge in [-0.3, -0.25) is 4.79 Å². The Kier molecular flexibility index (Phi) is 4.69. The van der Waals surface area contributed by atoms with Crippen molar-refractivity contribution in [2.24, 2.45) is 0 Å². The molecule has 0 spiro atoms. The highest BCUT2D eigenvalue weighted by Crippen LogP contribution is 2.37. The molecule has 2 heterocycles. The molecule has 4 rings (SSSR count). The topological polar surface area (TPSA) is 51.2 Å². The maximum absolute atomic E-state index is 13.3. The molecular formula is C20H19ClN2O2S. The molecule has 0 unspecified atom stereocenters. The molecule has 0 radical (unpaired) electrons. The van der Waals surface area contributed by atoms with Gasteiger partial charge in [0, 0.05) is 18.2 Å². The summed E-state index contributed by atoms with van der Waals surface area (Å²) in [7, 11) is 0. The third-order valence-electron chi connectivity index (χ3n) is 4.94. The molecule has 26 heavy (non-hydrogen) atoms. The minimum atomic E-state index is -0.614. The van der Waals surface area contributed by atoms with Crippen LogP contribution in [0.4, 0.5) is 5.13 Å². The van der Waals surface area contributed by atoms with Gasteiger partial charge >= 0.3 is 0 Å². The first-order valence-electron chi connectivity index (χ1n) is 8.59. The number of nitrogens with zero attached hydrogens (tertiary/aromatic N) is 1. The SMILES string of the molecule is Cc1ccc2nc(NC(=O)C3(c4ccc(Cl)cc4)CCOCC3)sc2c1. The lowest BCUT2D eigenvalue weighted by atomic mass is 9.73. The van der Waals surface area contributed by atoms with Crippen molar-refractivity contribution in [2.75, 3.05) is 18.5 Å². The van der Waals surface area contributed by atoms with E-state index in [-0.39, 0.29) is 5.91 Å². The van der Waals surface area contributed by atoms with Gasteiger partial charge < -0.3 is 10.1 Å². The monoisotopic (exact) mass is 386 g/mol. The Hall–Kier alpha value is -1.95. The van der Waals surface area contributed by atoms with Crippen LogP contribution in [0.25, 0.3) is 10.2 Å². The molecule has 1 aliphatic rings. The van der Waals surface area contributed by atoms with E-state index in [0.29, 0.717) is 36.2 Å². The van der Waals surface area contributed by atoms with Crippen LogP contribution in [0, 0.1) is 6.92 Å². The standard InChI is InChI=1S/C20H19ClN2O2S/c1-13-2-7-16-17(12-13)26-19(22-16)23-18(24)20(8-10-25-11-9-20)14-3-5-15(21)6-4-14/h2-7,12H,8-11H2,1H3,(H,22,23,24). The Morgan fingerprint density at radius 2 is 1.92 bits per heavy atom. The highest BCUT2D eigenvalue weighted by molar-refractivity contribution is 7.22. The number of carbonyl (C=O) groups is 1. The molecule has 0 atom stereocenters. The predicted molar refractivity (Wildman–Crippen MR) is 106 cm³/mol. The number of hydrogen-bond donors (Lipinski definition) is 1. The van der Waals surface area contributed by atoms with Crippen LogP contribution in [0.3, 0.4) is 0 Å². The van der Waals surface area contributed by atoms with Gasteiger partial charge in [0.1, 0.15) is 0 Å². The number of carbonyl (C=O) groups excluding carboxylic acids is 1. The van der Waals surface area contributed by atoms with Crippen molar-refractivity contribution in [3.05, 3.63) is 58.6 Å². The first-order valence-corrected chi connectivity index (χ1v) is 9.79. The molecule has 6 heteroatoms. The van der Waals surface area contributed by atoms with Crippen molar-refractivity contribution < 1.29 is 9.53 Å². The second kappa shape index (κ2) is 6.99. The van der Waals surface area contributed by atoms with Crippen LogP contribution in [-0.4, -0.2) is 24.1 Å². The van der Waals surface area contributed by atoms with Gasteiger partial charge in [-0.15, -0.1) is 0 Å². The molecule has 1 saturated heterocycles. The summed E-state index contributed by atoms with van der Waals surface area (Å²) < 4.78 is 6.59. The summed E-state index contributed by atoms with van der Waals surface area (Å²) in [4.78, 5) is 17.8. The van der Waals surface area contributed by atoms with Gasteiger partial charge in [0.2, 0.25) is 5.91 Å². The van der Waals surface area contributed by atoms with Crippen molar-refractivity contribution in [3.8, 4) is 0 Å². The number of halogens is 1. The predicted octanol–water partition coefficient (Wildman–Crippen LogP) is 4.95. The van der Waals surface area contributed by atoms with E-state index in [1.165, 1.54) is 16.9 Å². The largest absolute Gasteiger partial charge is 0.381 e. The number of benzene rings is 2. The third kappa shape index (κ3) is 3.22. The molecule has 4 nitrogen and oxygen atoms in total. The van der Waals surface area contributed by atoms with Crippen LogP contribution < -0.4 is 5.32 Å². The smallest absolute Gasteiger partial charge is 0.236 e. The molecule has 1 aromatic heterocycles. The molecule has 2 aromatic carbocycles. The Morgan fingerprint density at radius 3 is 2.65 bits per heavy atom. The van der Waals surface area contributed by atoms with Crippen molar-refractivity contribution in [2.45, 2.75) is 25.2 Å². The number of thiazole rings is 1. The van der Waals surface area contributed by atoms with E-state index in [9.17, 15) is 4.79 Å². The third-order valence-corrected chi connectivity index (χ3v) is 6.13. The summed E-state index contributed by atoms with van der Waals surface area (Å²) in [5, 5.41) is 4.35. The van der Waals surface area contributed by atoms with Gasteiger partial charge in [-0.25, -0.2) is 4.98 Å². The lowest BCUT2D eigenvalue weighted by molar-refractivity contribution is -0.125. The molecule has 0 bridgehead atoms. The van der Waals surface area contributed by atoms with Gasteiger partial charge in [0.15, 0.2) is 5.13 Å². The van der Waals surface area contributed by atoms with E-state index in [1.807, 2.05) is 36.4 Å². The first kappa shape index (κ1) is 17.5. The lowest BCUT2D eigenvalue weighted by Gasteiger charge is -2.36. The summed E-state index contributed by atoms with van der Waals surface area (Å²) >= 11 is 7.53. The summed E-state index contributed by atoms with van der Waals surface area (Å²) in [6, 6.07) is 13.7. The fraction of sp³-hybridized carbons (Fsp3) is 0.300. The normalized spacial score (nSPS) is 16.5. The number of aryl methyl sites for hydroxylation is 1. The maximum atomic E-state index is 13.3. The van der Waals surface area contributed by atoms with Crippen molar-refractivity contribution in [3.63, 3.8) is 0 Å². The highest BCUT2D eigenvalue weighted by Gasteiger charge is 2.42. The van der Waals surface area contributed by atoms with Crippen LogP contribution in [0.15, 0.2) is 42.5 Å². The van der Waals surface area contributed by atoms with E-state index in [0.717, 1.165) is 15.8 Å². The van der Waals surface area contributed by atoms with E-state index < -0.39 is 5.41 Å². The number of nitrogens with one attached hydrogen (secondary N) is 1. The summed E-state index contributed by atoms with van der Waals surface area (Å²) in [6.07, 6.45) is 1.29. The van der Waals surface area contributed by atoms with Crippen LogP contribution >= 0.6 is 22.9 Å². The maximum Gasteiger partial charge on any atom is 0.236 e. The lowest BCUT2D eigenvalue weighted by Crippen LogP contribution is -2.44. The Labute approximate surface area is 161 Å². The molecule has 1 amide bonds. The molecule has 0 saturated carbocycles. The molecule has 3 aromatic rings. The van der Waals surface area contributed by atoms with Crippen molar-refractivity contribution >= 4 is 44.2 Å². The Bertz CT molecular complexity index is 946. The van der Waals surface area contributed by atoms with E-state index in [4.69, 9.17) is 16.3 Å². The van der Waals surface area contributed by atoms with Gasteiger partial charge in [-0.05, 0) is 55.2 Å². The summed E-state index contributed by atoms with van der Waals surface area (Å²) in [6.45, 7) is 3.18. The van der Waals surface area contributed by atoms with Gasteiger partial charge in [0.05, 0.1) is 15.6 Å². The van der Waals surface area contributed by atoms with Crippen LogP contribution in [-0.2, 0) is 14.9 Å². The van der Waals surface area contributed by atoms with Gasteiger partial charge in [0.25, 0.3) is 0 Å². The zero-order valence-electron chi connectivity index (χ0n) is 14.4. The second-order valence-electron chi connectivity index (χ2n) is 6.65. The zero-order chi connectivity index (χ0) is 18.1. The highest BCUT2D eigenvalue weighted by atomic mass is 35.5. The summed E-state index contributed by atoms with van der Waals surface area (Å²) in [5.74, 6) is -0.0288. The van der Waals surface area contributed by atoms with Crippen LogP contribution in [0.5, 0.6) is 0 Å². The summed E-state index contributed by atoms with van der Waals surface area (Å²) in [5.41, 5.74) is 2.44. The van der Waals surface area contributed by atoms with E-state index in [1.54, 1.807) is 0 Å². The minimum absolute atomic E-state index is 0.0288. The minimum Gasteiger partial charge on any atom is -0.381 e. The number of rotatable bonds is 3. The Balaban J connectivity index is 1.66. The molecule has 1 aliphatic heterocycles. The number of amides is 1. The average Bonchev–Trinajstić information content (AvgIpc) is 3.04. The number of fused-ring (bicyclic) bond motifs is 1. The van der Waals surface area contributed by atoms with Gasteiger partial charge in [-0.2, -0.15) is 0 Å². The number of aromatic nitrogens is 1. The molecular weight excluding hydrogens is 368 g/mol. The van der Waals surface area contributed by atoms with Gasteiger partial charge in [-0.1, -0.05) is 41.1 Å². The molecule has 134 valence electrons. The van der Waals surface area contributed by atoms with Crippen molar-refractivity contribution in [1.29, 1.82) is 0 Å². The van der Waals surface area contributed by atoms with Crippen LogP contribution in [0.1, 0.15) is 24.0 Å². The van der Waals surface area contributed by atoms with E-state index >= 15 is 0 Å². The number of ether oxygens (including phenoxy) is 1. The second-order valence-corrected chi connectivity index (χ2v) is 8.11. The van der Waals surface area contributed by atoms with Crippen LogP contribution in [0.2, 0.25) is 5.02 Å². The van der Waals surface area contributed by atoms with Crippen molar-refractivity contribution in [1.82, 2.24) is 4.98 Å².